The minimum absolute atomic E-state index is 0.416. The molecule has 0 aromatic heterocycles. The van der Waals surface area contributed by atoms with E-state index in [0.717, 1.165) is 0 Å². The molecular formula is C4H9NS2. The van der Waals surface area contributed by atoms with Crippen molar-refractivity contribution in [2.75, 3.05) is 5.75 Å². The Morgan fingerprint density at radius 1 is 1.57 bits per heavy atom. The zero-order valence-corrected chi connectivity index (χ0v) is 5.73. The highest BCUT2D eigenvalue weighted by Gasteiger charge is 2.07. The predicted octanol–water partition coefficient (Wildman–Crippen LogP) is 1.45. The average Bonchev–Trinajstić information content (AvgIpc) is 1.69. The summed E-state index contributed by atoms with van der Waals surface area (Å²) in [5.74, 6) is 1.29. The van der Waals surface area contributed by atoms with E-state index < -0.39 is 0 Å². The van der Waals surface area contributed by atoms with Crippen LogP contribution in [0.1, 0.15) is 12.8 Å². The summed E-state index contributed by atoms with van der Waals surface area (Å²) >= 11 is 0. The topological polar surface area (TPSA) is 26.0 Å². The Bertz CT molecular complexity index is 51.7. The molecule has 1 nitrogen and oxygen atoms in total. The fourth-order valence-corrected chi connectivity index (χ4v) is 2.80. The molecule has 0 aliphatic carbocycles. The summed E-state index contributed by atoms with van der Waals surface area (Å²) in [6, 6.07) is 0. The van der Waals surface area contributed by atoms with Crippen LogP contribution in [0.15, 0.2) is 0 Å². The van der Waals surface area contributed by atoms with Gasteiger partial charge in [0.05, 0.1) is 5.37 Å². The number of rotatable bonds is 0. The number of nitrogens with two attached hydrogens (primary N) is 1. The van der Waals surface area contributed by atoms with Crippen LogP contribution >= 0.6 is 21.6 Å². The van der Waals surface area contributed by atoms with Crippen molar-refractivity contribution in [2.24, 2.45) is 5.73 Å². The van der Waals surface area contributed by atoms with Crippen LogP contribution in [-0.4, -0.2) is 11.1 Å². The molecule has 2 N–H and O–H groups in total. The third-order valence-electron chi connectivity index (χ3n) is 0.908. The van der Waals surface area contributed by atoms with Gasteiger partial charge in [-0.25, -0.2) is 0 Å². The average molecular weight is 135 g/mol. The van der Waals surface area contributed by atoms with Crippen LogP contribution in [0.5, 0.6) is 0 Å². The fraction of sp³-hybridized carbons (Fsp3) is 1.00. The number of hydrogen-bond donors (Lipinski definition) is 1. The van der Waals surface area contributed by atoms with Gasteiger partial charge in [-0.3, -0.25) is 0 Å². The fourth-order valence-electron chi connectivity index (χ4n) is 0.527. The van der Waals surface area contributed by atoms with E-state index in [1.807, 2.05) is 21.6 Å². The van der Waals surface area contributed by atoms with Crippen molar-refractivity contribution in [3.05, 3.63) is 0 Å². The van der Waals surface area contributed by atoms with Gasteiger partial charge in [-0.1, -0.05) is 21.6 Å². The highest BCUT2D eigenvalue weighted by Crippen LogP contribution is 2.32. The van der Waals surface area contributed by atoms with Crippen LogP contribution in [0.2, 0.25) is 0 Å². The Labute approximate surface area is 51.8 Å². The lowest BCUT2D eigenvalue weighted by Gasteiger charge is -2.14. The first-order valence-corrected chi connectivity index (χ1v) is 4.81. The SMILES string of the molecule is NC1CCCSS1. The largest absolute Gasteiger partial charge is 0.319 e. The first-order valence-electron chi connectivity index (χ1n) is 2.43. The molecule has 0 aromatic carbocycles. The zero-order chi connectivity index (χ0) is 5.11. The van der Waals surface area contributed by atoms with E-state index in [-0.39, 0.29) is 0 Å². The molecule has 1 saturated heterocycles. The van der Waals surface area contributed by atoms with Gasteiger partial charge in [-0.15, -0.1) is 0 Å². The van der Waals surface area contributed by atoms with Crippen molar-refractivity contribution in [3.63, 3.8) is 0 Å². The maximum atomic E-state index is 5.58. The minimum Gasteiger partial charge on any atom is -0.319 e. The lowest BCUT2D eigenvalue weighted by molar-refractivity contribution is 0.770. The molecule has 0 amide bonds. The summed E-state index contributed by atoms with van der Waals surface area (Å²) in [4.78, 5) is 0. The molecule has 3 heteroatoms. The summed E-state index contributed by atoms with van der Waals surface area (Å²) in [6.45, 7) is 0. The molecule has 0 radical (unpaired) electrons. The van der Waals surface area contributed by atoms with E-state index in [1.54, 1.807) is 0 Å². The van der Waals surface area contributed by atoms with Gasteiger partial charge in [0.15, 0.2) is 0 Å². The van der Waals surface area contributed by atoms with Crippen molar-refractivity contribution in [2.45, 2.75) is 18.2 Å². The van der Waals surface area contributed by atoms with Crippen molar-refractivity contribution in [3.8, 4) is 0 Å². The molecule has 1 heterocycles. The Hall–Kier alpha value is 0.660. The first-order chi connectivity index (χ1) is 3.39. The van der Waals surface area contributed by atoms with Gasteiger partial charge >= 0.3 is 0 Å². The van der Waals surface area contributed by atoms with Gasteiger partial charge in [-0.05, 0) is 12.8 Å². The van der Waals surface area contributed by atoms with E-state index in [4.69, 9.17) is 5.73 Å². The summed E-state index contributed by atoms with van der Waals surface area (Å²) in [5.41, 5.74) is 5.58. The van der Waals surface area contributed by atoms with Gasteiger partial charge in [-0.2, -0.15) is 0 Å². The molecule has 0 saturated carbocycles. The maximum absolute atomic E-state index is 5.58. The van der Waals surface area contributed by atoms with Crippen molar-refractivity contribution in [1.29, 1.82) is 0 Å². The molecule has 0 bridgehead atoms. The van der Waals surface area contributed by atoms with E-state index in [2.05, 4.69) is 0 Å². The lowest BCUT2D eigenvalue weighted by Crippen LogP contribution is -2.16. The predicted molar refractivity (Wildman–Crippen MR) is 37.3 cm³/mol. The molecule has 1 aliphatic heterocycles. The second-order valence-electron chi connectivity index (χ2n) is 1.60. The van der Waals surface area contributed by atoms with Crippen LogP contribution in [0.4, 0.5) is 0 Å². The Balaban J connectivity index is 2.12. The van der Waals surface area contributed by atoms with Crippen molar-refractivity contribution >= 4 is 21.6 Å². The molecule has 1 unspecified atom stereocenters. The summed E-state index contributed by atoms with van der Waals surface area (Å²) in [5, 5.41) is 0.416. The zero-order valence-electron chi connectivity index (χ0n) is 4.09. The highest BCUT2D eigenvalue weighted by molar-refractivity contribution is 8.77. The van der Waals surface area contributed by atoms with E-state index in [1.165, 1.54) is 18.6 Å². The summed E-state index contributed by atoms with van der Waals surface area (Å²) in [6.07, 6.45) is 2.51. The Kier molecular flexibility index (Phi) is 2.35. The second-order valence-corrected chi connectivity index (χ2v) is 4.33. The van der Waals surface area contributed by atoms with Crippen LogP contribution in [0.3, 0.4) is 0 Å². The monoisotopic (exact) mass is 135 g/mol. The van der Waals surface area contributed by atoms with Crippen molar-refractivity contribution < 1.29 is 0 Å². The standard InChI is InChI=1S/C4H9NS2/c5-4-2-1-3-6-7-4/h4H,1-3,5H2. The number of hydrogen-bond acceptors (Lipinski definition) is 3. The normalized spacial score (nSPS) is 33.0. The summed E-state index contributed by atoms with van der Waals surface area (Å²) in [7, 11) is 3.71. The van der Waals surface area contributed by atoms with Crippen LogP contribution in [0, 0.1) is 0 Å². The molecular weight excluding hydrogens is 126 g/mol. The van der Waals surface area contributed by atoms with Gasteiger partial charge in [0.25, 0.3) is 0 Å². The minimum atomic E-state index is 0.416. The van der Waals surface area contributed by atoms with Gasteiger partial charge in [0, 0.05) is 5.75 Å². The Morgan fingerprint density at radius 2 is 2.43 bits per heavy atom. The highest BCUT2D eigenvalue weighted by atomic mass is 33.1. The van der Waals surface area contributed by atoms with Crippen LogP contribution in [-0.2, 0) is 0 Å². The lowest BCUT2D eigenvalue weighted by atomic mass is 10.3. The molecule has 1 atom stereocenters. The van der Waals surface area contributed by atoms with Gasteiger partial charge in [0.1, 0.15) is 0 Å². The molecule has 0 spiro atoms. The molecule has 1 rings (SSSR count). The van der Waals surface area contributed by atoms with Crippen molar-refractivity contribution in [1.82, 2.24) is 0 Å². The van der Waals surface area contributed by atoms with Crippen LogP contribution < -0.4 is 5.73 Å². The van der Waals surface area contributed by atoms with Gasteiger partial charge in [0.2, 0.25) is 0 Å². The molecule has 42 valence electrons. The van der Waals surface area contributed by atoms with E-state index in [9.17, 15) is 0 Å². The molecule has 0 aromatic rings. The summed E-state index contributed by atoms with van der Waals surface area (Å²) < 4.78 is 0. The van der Waals surface area contributed by atoms with E-state index in [0.29, 0.717) is 5.37 Å². The Morgan fingerprint density at radius 3 is 2.71 bits per heavy atom. The molecule has 1 fully saturated rings. The molecule has 7 heavy (non-hydrogen) atoms. The second kappa shape index (κ2) is 2.84. The maximum Gasteiger partial charge on any atom is 0.0612 e. The van der Waals surface area contributed by atoms with Gasteiger partial charge < -0.3 is 5.73 Å². The van der Waals surface area contributed by atoms with Crippen LogP contribution in [0.25, 0.3) is 0 Å². The first kappa shape index (κ1) is 5.79. The van der Waals surface area contributed by atoms with E-state index >= 15 is 0 Å². The third kappa shape index (κ3) is 1.93. The third-order valence-corrected chi connectivity index (χ3v) is 3.63. The smallest absolute Gasteiger partial charge is 0.0612 e. The molecule has 1 aliphatic rings. The quantitative estimate of drug-likeness (QED) is 0.509.